The molecule has 1 N–H and O–H groups in total. The molecular weight excluding hydrogens is 200 g/mol. The zero-order valence-corrected chi connectivity index (χ0v) is 11.0. The molecule has 0 saturated carbocycles. The van der Waals surface area contributed by atoms with Crippen molar-refractivity contribution in [2.45, 2.75) is 72.1 Å². The Morgan fingerprint density at radius 3 is 2.31 bits per heavy atom. The van der Waals surface area contributed by atoms with Gasteiger partial charge in [0.2, 0.25) is 5.91 Å². The first kappa shape index (κ1) is 15.1. The fourth-order valence-corrected chi connectivity index (χ4v) is 1.36. The highest BCUT2D eigenvalue weighted by molar-refractivity contribution is 5.84. The van der Waals surface area contributed by atoms with Crippen molar-refractivity contribution < 1.29 is 4.79 Å². The summed E-state index contributed by atoms with van der Waals surface area (Å²) in [4.78, 5) is 11.3. The molecule has 0 unspecified atom stereocenters. The predicted molar refractivity (Wildman–Crippen MR) is 69.5 cm³/mol. The topological polar surface area (TPSA) is 41.5 Å². The summed E-state index contributed by atoms with van der Waals surface area (Å²) >= 11 is 0. The highest BCUT2D eigenvalue weighted by Gasteiger charge is 1.99. The van der Waals surface area contributed by atoms with Crippen LogP contribution in [0.4, 0.5) is 0 Å². The number of nitrogens with zero attached hydrogens (tertiary/aromatic N) is 1. The number of rotatable bonds is 9. The number of unbranched alkanes of at least 4 members (excludes halogenated alkanes) is 5. The van der Waals surface area contributed by atoms with Crippen molar-refractivity contribution in [2.24, 2.45) is 5.10 Å². The molecule has 0 aromatic carbocycles. The zero-order chi connectivity index (χ0) is 12.2. The molecule has 94 valence electrons. The van der Waals surface area contributed by atoms with Crippen LogP contribution in [0, 0.1) is 0 Å². The van der Waals surface area contributed by atoms with Gasteiger partial charge in [-0.25, -0.2) is 5.43 Å². The lowest BCUT2D eigenvalue weighted by molar-refractivity contribution is -0.121. The predicted octanol–water partition coefficient (Wildman–Crippen LogP) is 3.64. The highest BCUT2D eigenvalue weighted by atomic mass is 16.2. The van der Waals surface area contributed by atoms with Gasteiger partial charge in [-0.1, -0.05) is 46.0 Å². The van der Waals surface area contributed by atoms with Gasteiger partial charge in [0.15, 0.2) is 0 Å². The van der Waals surface area contributed by atoms with Gasteiger partial charge in [0.1, 0.15) is 0 Å². The van der Waals surface area contributed by atoms with Gasteiger partial charge in [0.05, 0.1) is 0 Å². The second kappa shape index (κ2) is 10.7. The van der Waals surface area contributed by atoms with Crippen LogP contribution in [0.2, 0.25) is 0 Å². The Kier molecular flexibility index (Phi) is 10.1. The van der Waals surface area contributed by atoms with E-state index in [1.54, 1.807) is 0 Å². The first-order valence-electron chi connectivity index (χ1n) is 6.52. The molecule has 0 aliphatic carbocycles. The molecule has 0 bridgehead atoms. The van der Waals surface area contributed by atoms with Gasteiger partial charge in [-0.2, -0.15) is 5.10 Å². The molecular formula is C13H26N2O. The van der Waals surface area contributed by atoms with Gasteiger partial charge < -0.3 is 0 Å². The zero-order valence-electron chi connectivity index (χ0n) is 11.0. The number of amides is 1. The number of hydrogen-bond donors (Lipinski definition) is 1. The first-order valence-corrected chi connectivity index (χ1v) is 6.52. The monoisotopic (exact) mass is 226 g/mol. The van der Waals surface area contributed by atoms with E-state index in [4.69, 9.17) is 0 Å². The van der Waals surface area contributed by atoms with Gasteiger partial charge in [-0.15, -0.1) is 0 Å². The van der Waals surface area contributed by atoms with Crippen LogP contribution in [-0.4, -0.2) is 11.6 Å². The third-order valence-corrected chi connectivity index (χ3v) is 2.64. The van der Waals surface area contributed by atoms with Gasteiger partial charge in [-0.05, 0) is 19.8 Å². The lowest BCUT2D eigenvalue weighted by Gasteiger charge is -2.01. The average Bonchev–Trinajstić information content (AvgIpc) is 2.30. The molecule has 0 fully saturated rings. The SMILES string of the molecule is CCCCCCCCC(=O)N/N=C(/C)CC. The van der Waals surface area contributed by atoms with Gasteiger partial charge in [0, 0.05) is 12.1 Å². The maximum atomic E-state index is 11.3. The van der Waals surface area contributed by atoms with Crippen LogP contribution in [0.15, 0.2) is 5.10 Å². The van der Waals surface area contributed by atoms with E-state index < -0.39 is 0 Å². The van der Waals surface area contributed by atoms with Crippen LogP contribution < -0.4 is 5.43 Å². The van der Waals surface area contributed by atoms with Gasteiger partial charge >= 0.3 is 0 Å². The molecule has 3 nitrogen and oxygen atoms in total. The Labute approximate surface area is 99.7 Å². The van der Waals surface area contributed by atoms with E-state index in [2.05, 4.69) is 17.5 Å². The summed E-state index contributed by atoms with van der Waals surface area (Å²) in [5.41, 5.74) is 3.55. The van der Waals surface area contributed by atoms with E-state index >= 15 is 0 Å². The van der Waals surface area contributed by atoms with E-state index in [1.807, 2.05) is 13.8 Å². The molecule has 3 heteroatoms. The molecule has 0 aromatic rings. The lowest BCUT2D eigenvalue weighted by atomic mass is 10.1. The maximum Gasteiger partial charge on any atom is 0.240 e. The fraction of sp³-hybridized carbons (Fsp3) is 0.846. The molecule has 0 aliphatic rings. The number of carbonyl (C=O) groups is 1. The van der Waals surface area contributed by atoms with Crippen LogP contribution in [0.25, 0.3) is 0 Å². The van der Waals surface area contributed by atoms with Crippen molar-refractivity contribution >= 4 is 11.6 Å². The Morgan fingerprint density at radius 1 is 1.06 bits per heavy atom. The van der Waals surface area contributed by atoms with E-state index in [0.29, 0.717) is 6.42 Å². The number of hydrogen-bond acceptors (Lipinski definition) is 2. The van der Waals surface area contributed by atoms with Crippen LogP contribution in [0.1, 0.15) is 72.1 Å². The Morgan fingerprint density at radius 2 is 1.69 bits per heavy atom. The minimum Gasteiger partial charge on any atom is -0.273 e. The second-order valence-electron chi connectivity index (χ2n) is 4.25. The third kappa shape index (κ3) is 9.69. The maximum absolute atomic E-state index is 11.3. The minimum absolute atomic E-state index is 0.0447. The standard InChI is InChI=1S/C13H26N2O/c1-4-6-7-8-9-10-11-13(16)15-14-12(3)5-2/h4-11H2,1-3H3,(H,15,16)/b14-12-. The number of carbonyl (C=O) groups excluding carboxylic acids is 1. The Hall–Kier alpha value is -0.860. The van der Waals surface area contributed by atoms with Crippen molar-refractivity contribution in [1.82, 2.24) is 5.43 Å². The van der Waals surface area contributed by atoms with Crippen molar-refractivity contribution in [3.8, 4) is 0 Å². The van der Waals surface area contributed by atoms with E-state index in [1.165, 1.54) is 25.7 Å². The normalized spacial score (nSPS) is 11.6. The van der Waals surface area contributed by atoms with Crippen molar-refractivity contribution in [1.29, 1.82) is 0 Å². The highest BCUT2D eigenvalue weighted by Crippen LogP contribution is 2.06. The number of nitrogens with one attached hydrogen (secondary N) is 1. The summed E-state index contributed by atoms with van der Waals surface area (Å²) in [5, 5.41) is 3.99. The van der Waals surface area contributed by atoms with Crippen molar-refractivity contribution in [3.05, 3.63) is 0 Å². The fourth-order valence-electron chi connectivity index (χ4n) is 1.36. The van der Waals surface area contributed by atoms with Crippen molar-refractivity contribution in [2.75, 3.05) is 0 Å². The summed E-state index contributed by atoms with van der Waals surface area (Å²) in [7, 11) is 0. The van der Waals surface area contributed by atoms with Gasteiger partial charge in [0.25, 0.3) is 0 Å². The van der Waals surface area contributed by atoms with Crippen molar-refractivity contribution in [3.63, 3.8) is 0 Å². The molecule has 0 aliphatic heterocycles. The van der Waals surface area contributed by atoms with Crippen LogP contribution in [0.3, 0.4) is 0 Å². The van der Waals surface area contributed by atoms with E-state index in [-0.39, 0.29) is 5.91 Å². The number of hydrazone groups is 1. The Bertz CT molecular complexity index is 212. The lowest BCUT2D eigenvalue weighted by Crippen LogP contribution is -2.18. The summed E-state index contributed by atoms with van der Waals surface area (Å²) in [6.07, 6.45) is 8.76. The van der Waals surface area contributed by atoms with Gasteiger partial charge in [-0.3, -0.25) is 4.79 Å². The van der Waals surface area contributed by atoms with Crippen LogP contribution in [0.5, 0.6) is 0 Å². The average molecular weight is 226 g/mol. The molecule has 0 saturated heterocycles. The minimum atomic E-state index is 0.0447. The van der Waals surface area contributed by atoms with Crippen LogP contribution >= 0.6 is 0 Å². The summed E-state index contributed by atoms with van der Waals surface area (Å²) < 4.78 is 0. The molecule has 0 radical (unpaired) electrons. The summed E-state index contributed by atoms with van der Waals surface area (Å²) in [6.45, 7) is 6.16. The molecule has 0 spiro atoms. The molecule has 0 heterocycles. The first-order chi connectivity index (χ1) is 7.70. The molecule has 0 atom stereocenters. The summed E-state index contributed by atoms with van der Waals surface area (Å²) in [5.74, 6) is 0.0447. The quantitative estimate of drug-likeness (QED) is 0.364. The van der Waals surface area contributed by atoms with E-state index in [0.717, 1.165) is 25.0 Å². The third-order valence-electron chi connectivity index (χ3n) is 2.64. The molecule has 0 rings (SSSR count). The van der Waals surface area contributed by atoms with E-state index in [9.17, 15) is 4.79 Å². The second-order valence-corrected chi connectivity index (χ2v) is 4.25. The largest absolute Gasteiger partial charge is 0.273 e. The summed E-state index contributed by atoms with van der Waals surface area (Å²) in [6, 6.07) is 0. The molecule has 1 amide bonds. The molecule has 0 aromatic heterocycles. The Balaban J connectivity index is 3.37. The van der Waals surface area contributed by atoms with Crippen LogP contribution in [-0.2, 0) is 4.79 Å². The smallest absolute Gasteiger partial charge is 0.240 e. The molecule has 16 heavy (non-hydrogen) atoms.